The third kappa shape index (κ3) is 4.85. The highest BCUT2D eigenvalue weighted by Gasteiger charge is 2.44. The Morgan fingerprint density at radius 1 is 1.19 bits per heavy atom. The summed E-state index contributed by atoms with van der Waals surface area (Å²) in [7, 11) is -3.65. The lowest BCUT2D eigenvalue weighted by atomic mass is 9.86. The van der Waals surface area contributed by atoms with E-state index in [-0.39, 0.29) is 37.5 Å². The van der Waals surface area contributed by atoms with Gasteiger partial charge >= 0.3 is 0 Å². The van der Waals surface area contributed by atoms with Gasteiger partial charge in [-0.05, 0) is 23.1 Å². The summed E-state index contributed by atoms with van der Waals surface area (Å²) in [5.41, 5.74) is 6.85. The average molecular weight is 397 g/mol. The molecule has 0 saturated carbocycles. The number of benzene rings is 1. The number of hydrogen-bond donors (Lipinski definition) is 2. The summed E-state index contributed by atoms with van der Waals surface area (Å²) >= 11 is 0. The Kier molecular flexibility index (Phi) is 6.28. The van der Waals surface area contributed by atoms with Gasteiger partial charge in [0.1, 0.15) is 0 Å². The third-order valence-corrected chi connectivity index (χ3v) is 5.73. The Labute approximate surface area is 160 Å². The number of hydrogen-bond acceptors (Lipinski definition) is 5. The Morgan fingerprint density at radius 3 is 2.26 bits per heavy atom. The van der Waals surface area contributed by atoms with Crippen LogP contribution in [0.4, 0.5) is 0 Å². The highest BCUT2D eigenvalue weighted by Crippen LogP contribution is 2.24. The van der Waals surface area contributed by atoms with Crippen molar-refractivity contribution in [2.24, 2.45) is 5.73 Å². The first-order valence-electron chi connectivity index (χ1n) is 8.83. The summed E-state index contributed by atoms with van der Waals surface area (Å²) in [6, 6.07) is 7.17. The van der Waals surface area contributed by atoms with Gasteiger partial charge in [-0.2, -0.15) is 4.31 Å². The van der Waals surface area contributed by atoms with E-state index < -0.39 is 22.1 Å². The Morgan fingerprint density at radius 2 is 1.78 bits per heavy atom. The van der Waals surface area contributed by atoms with Gasteiger partial charge in [0.15, 0.2) is 6.17 Å². The van der Waals surface area contributed by atoms with E-state index in [2.05, 4.69) is 26.1 Å². The van der Waals surface area contributed by atoms with Crippen LogP contribution in [0.2, 0.25) is 0 Å². The molecule has 1 unspecified atom stereocenters. The first-order chi connectivity index (χ1) is 12.5. The first-order valence-corrected chi connectivity index (χ1v) is 10.7. The van der Waals surface area contributed by atoms with Crippen LogP contribution in [0.15, 0.2) is 24.3 Å². The number of nitrogens with zero attached hydrogens (tertiary/aromatic N) is 2. The third-order valence-electron chi connectivity index (χ3n) is 4.49. The van der Waals surface area contributed by atoms with E-state index in [1.807, 2.05) is 12.1 Å². The molecule has 0 aromatic heterocycles. The maximum atomic E-state index is 13.0. The number of carbonyl (C=O) groups is 2. The molecular weight excluding hydrogens is 368 g/mol. The lowest BCUT2D eigenvalue weighted by molar-refractivity contribution is -0.127. The number of amides is 2. The molecule has 1 saturated heterocycles. The molecule has 1 fully saturated rings. The first kappa shape index (κ1) is 21.3. The van der Waals surface area contributed by atoms with Crippen molar-refractivity contribution >= 4 is 21.8 Å². The SMILES string of the molecule is CC(C)(C)c1ccc(C(=O)N2CCN(S(C)(=O)=O)C2C(=O)NCCN)cc1. The maximum Gasteiger partial charge on any atom is 0.259 e. The summed E-state index contributed by atoms with van der Waals surface area (Å²) in [6.45, 7) is 6.87. The molecule has 0 bridgehead atoms. The molecule has 0 spiro atoms. The van der Waals surface area contributed by atoms with Gasteiger partial charge in [0, 0.05) is 31.7 Å². The van der Waals surface area contributed by atoms with Gasteiger partial charge in [0.25, 0.3) is 11.8 Å². The number of sulfonamides is 1. The van der Waals surface area contributed by atoms with Crippen LogP contribution >= 0.6 is 0 Å². The molecule has 2 amide bonds. The van der Waals surface area contributed by atoms with E-state index in [0.717, 1.165) is 16.1 Å². The predicted octanol–water partition coefficient (Wildman–Crippen LogP) is 0.103. The van der Waals surface area contributed by atoms with Crippen molar-refractivity contribution in [2.75, 3.05) is 32.4 Å². The van der Waals surface area contributed by atoms with Crippen LogP contribution in [0.3, 0.4) is 0 Å². The van der Waals surface area contributed by atoms with Crippen molar-refractivity contribution in [3.8, 4) is 0 Å². The fourth-order valence-electron chi connectivity index (χ4n) is 3.00. The molecule has 1 aliphatic heterocycles. The van der Waals surface area contributed by atoms with Gasteiger partial charge in [0.05, 0.1) is 6.26 Å². The molecule has 1 aliphatic rings. The van der Waals surface area contributed by atoms with Crippen molar-refractivity contribution < 1.29 is 18.0 Å². The minimum Gasteiger partial charge on any atom is -0.352 e. The van der Waals surface area contributed by atoms with Crippen molar-refractivity contribution in [2.45, 2.75) is 32.4 Å². The molecule has 3 N–H and O–H groups in total. The van der Waals surface area contributed by atoms with E-state index in [1.165, 1.54) is 4.90 Å². The minimum absolute atomic E-state index is 0.0487. The zero-order valence-electron chi connectivity index (χ0n) is 16.2. The molecule has 0 radical (unpaired) electrons. The molecule has 9 heteroatoms. The zero-order chi connectivity index (χ0) is 20.4. The van der Waals surface area contributed by atoms with Gasteiger partial charge in [0.2, 0.25) is 10.0 Å². The number of carbonyl (C=O) groups excluding carboxylic acids is 2. The summed E-state index contributed by atoms with van der Waals surface area (Å²) in [6.07, 6.45) is -0.177. The minimum atomic E-state index is -3.65. The Bertz CT molecular complexity index is 800. The lowest BCUT2D eigenvalue weighted by Gasteiger charge is -2.28. The molecular formula is C18H28N4O4S. The van der Waals surface area contributed by atoms with Crippen LogP contribution in [0.5, 0.6) is 0 Å². The second kappa shape index (κ2) is 7.95. The smallest absolute Gasteiger partial charge is 0.259 e. The van der Waals surface area contributed by atoms with Crippen LogP contribution in [0, 0.1) is 0 Å². The molecule has 150 valence electrons. The maximum absolute atomic E-state index is 13.0. The fourth-order valence-corrected chi connectivity index (χ4v) is 3.99. The van der Waals surface area contributed by atoms with Crippen LogP contribution in [-0.2, 0) is 20.2 Å². The van der Waals surface area contributed by atoms with Crippen molar-refractivity contribution in [3.05, 3.63) is 35.4 Å². The molecule has 1 atom stereocenters. The zero-order valence-corrected chi connectivity index (χ0v) is 17.0. The van der Waals surface area contributed by atoms with Crippen LogP contribution in [0.1, 0.15) is 36.7 Å². The van der Waals surface area contributed by atoms with Crippen LogP contribution < -0.4 is 11.1 Å². The van der Waals surface area contributed by atoms with E-state index in [1.54, 1.807) is 12.1 Å². The standard InChI is InChI=1S/C18H28N4O4S/c1-18(2,3)14-7-5-13(6-8-14)17(24)21-11-12-22(27(4,25)26)16(21)15(23)20-10-9-19/h5-8,16H,9-12,19H2,1-4H3,(H,20,23). The topological polar surface area (TPSA) is 113 Å². The second-order valence-electron chi connectivity index (χ2n) is 7.65. The fraction of sp³-hybridized carbons (Fsp3) is 0.556. The van der Waals surface area contributed by atoms with E-state index in [4.69, 9.17) is 5.73 Å². The molecule has 0 aliphatic carbocycles. The molecule has 1 aromatic carbocycles. The van der Waals surface area contributed by atoms with Crippen molar-refractivity contribution in [1.82, 2.24) is 14.5 Å². The van der Waals surface area contributed by atoms with E-state index >= 15 is 0 Å². The van der Waals surface area contributed by atoms with Gasteiger partial charge in [-0.3, -0.25) is 9.59 Å². The van der Waals surface area contributed by atoms with E-state index in [9.17, 15) is 18.0 Å². The van der Waals surface area contributed by atoms with Crippen LogP contribution in [-0.4, -0.2) is 68.0 Å². The van der Waals surface area contributed by atoms with Crippen molar-refractivity contribution in [1.29, 1.82) is 0 Å². The molecule has 1 aromatic rings. The predicted molar refractivity (Wildman–Crippen MR) is 104 cm³/mol. The molecule has 8 nitrogen and oxygen atoms in total. The van der Waals surface area contributed by atoms with E-state index in [0.29, 0.717) is 5.56 Å². The molecule has 1 heterocycles. The summed E-state index contributed by atoms with van der Waals surface area (Å²) in [5.74, 6) is -0.933. The average Bonchev–Trinajstić information content (AvgIpc) is 3.03. The normalized spacial score (nSPS) is 18.6. The monoisotopic (exact) mass is 396 g/mol. The quantitative estimate of drug-likeness (QED) is 0.733. The summed E-state index contributed by atoms with van der Waals surface area (Å²) in [4.78, 5) is 26.8. The molecule has 27 heavy (non-hydrogen) atoms. The van der Waals surface area contributed by atoms with Gasteiger partial charge < -0.3 is 16.0 Å². The molecule has 2 rings (SSSR count). The van der Waals surface area contributed by atoms with Crippen LogP contribution in [0.25, 0.3) is 0 Å². The number of rotatable bonds is 5. The Balaban J connectivity index is 2.31. The number of nitrogens with two attached hydrogens (primary N) is 1. The number of nitrogens with one attached hydrogen (secondary N) is 1. The lowest BCUT2D eigenvalue weighted by Crippen LogP contribution is -2.54. The van der Waals surface area contributed by atoms with Crippen molar-refractivity contribution in [3.63, 3.8) is 0 Å². The largest absolute Gasteiger partial charge is 0.352 e. The highest BCUT2D eigenvalue weighted by molar-refractivity contribution is 7.88. The van der Waals surface area contributed by atoms with Gasteiger partial charge in [-0.15, -0.1) is 0 Å². The van der Waals surface area contributed by atoms with Gasteiger partial charge in [-0.25, -0.2) is 8.42 Å². The highest BCUT2D eigenvalue weighted by atomic mass is 32.2. The van der Waals surface area contributed by atoms with Gasteiger partial charge in [-0.1, -0.05) is 32.9 Å². The second-order valence-corrected chi connectivity index (χ2v) is 9.59. The summed E-state index contributed by atoms with van der Waals surface area (Å²) < 4.78 is 25.2. The Hall–Kier alpha value is -1.97. The summed E-state index contributed by atoms with van der Waals surface area (Å²) in [5, 5.41) is 2.58.